The molecule has 3 N–H and O–H groups in total. The SMILES string of the molecule is CO.CO.CO.[CH2-]C(C)(C)C.[Ti]. The Hall–Kier alpha value is 0.594. The Morgan fingerprint density at radius 3 is 0.750 bits per heavy atom. The monoisotopic (exact) mass is 215 g/mol. The Labute approximate surface area is 91.7 Å². The van der Waals surface area contributed by atoms with Crippen LogP contribution >= 0.6 is 0 Å². The summed E-state index contributed by atoms with van der Waals surface area (Å²) in [5.41, 5.74) is 0.250. The predicted molar refractivity (Wildman–Crippen MR) is 49.2 cm³/mol. The summed E-state index contributed by atoms with van der Waals surface area (Å²) in [5, 5.41) is 21.0. The zero-order chi connectivity index (χ0) is 10.5. The molecule has 78 valence electrons. The average Bonchev–Trinajstić information content (AvgIpc) is 1.96. The molecule has 0 bridgehead atoms. The van der Waals surface area contributed by atoms with Gasteiger partial charge in [0.2, 0.25) is 0 Å². The van der Waals surface area contributed by atoms with E-state index in [9.17, 15) is 0 Å². The fourth-order valence-corrected chi connectivity index (χ4v) is 0. The maximum Gasteiger partial charge on any atom is 0.0319 e. The van der Waals surface area contributed by atoms with Crippen molar-refractivity contribution < 1.29 is 37.0 Å². The third-order valence-electron chi connectivity index (χ3n) is 0. The van der Waals surface area contributed by atoms with Gasteiger partial charge in [0.1, 0.15) is 0 Å². The van der Waals surface area contributed by atoms with Crippen LogP contribution in [0.2, 0.25) is 0 Å². The van der Waals surface area contributed by atoms with Crippen molar-refractivity contribution >= 4 is 0 Å². The maximum absolute atomic E-state index is 7.00. The molecule has 0 saturated carbocycles. The van der Waals surface area contributed by atoms with Crippen molar-refractivity contribution in [2.24, 2.45) is 5.41 Å². The molecule has 0 aromatic heterocycles. The van der Waals surface area contributed by atoms with E-state index in [2.05, 4.69) is 27.7 Å². The standard InChI is InChI=1S/C5H11.3CH4O.Ti/c1-5(2,3)4;3*1-2;/h1H2,2-4H3;3*2H,1H3;/q-1;;;;. The number of hydrogen-bond acceptors (Lipinski definition) is 3. The summed E-state index contributed by atoms with van der Waals surface area (Å²) in [6.07, 6.45) is 0. The molecule has 0 aliphatic carbocycles. The molecule has 0 spiro atoms. The zero-order valence-electron chi connectivity index (χ0n) is 9.05. The molecule has 0 fully saturated rings. The van der Waals surface area contributed by atoms with Crippen LogP contribution in [0.25, 0.3) is 0 Å². The van der Waals surface area contributed by atoms with Crippen LogP contribution in [0.5, 0.6) is 0 Å². The van der Waals surface area contributed by atoms with Crippen molar-refractivity contribution in [3.63, 3.8) is 0 Å². The first-order valence-electron chi connectivity index (χ1n) is 3.20. The summed E-state index contributed by atoms with van der Waals surface area (Å²) in [7, 11) is 3.00. The van der Waals surface area contributed by atoms with Crippen LogP contribution in [0.4, 0.5) is 0 Å². The Morgan fingerprint density at radius 2 is 0.750 bits per heavy atom. The first kappa shape index (κ1) is 29.4. The Morgan fingerprint density at radius 1 is 0.750 bits per heavy atom. The molecule has 0 aromatic rings. The van der Waals surface area contributed by atoms with Gasteiger partial charge in [-0.15, -0.1) is 0 Å². The minimum Gasteiger partial charge on any atom is -0.400 e. The molecule has 0 saturated heterocycles. The Kier molecular flexibility index (Phi) is 73.2. The van der Waals surface area contributed by atoms with Crippen molar-refractivity contribution in [3.8, 4) is 0 Å². The van der Waals surface area contributed by atoms with Gasteiger partial charge in [-0.1, -0.05) is 20.8 Å². The van der Waals surface area contributed by atoms with Crippen LogP contribution in [0.3, 0.4) is 0 Å². The average molecular weight is 215 g/mol. The molecule has 0 amide bonds. The number of aliphatic hydroxyl groups is 3. The zero-order valence-corrected chi connectivity index (χ0v) is 10.6. The summed E-state index contributed by atoms with van der Waals surface area (Å²) < 4.78 is 0. The van der Waals surface area contributed by atoms with E-state index in [1.54, 1.807) is 0 Å². The summed E-state index contributed by atoms with van der Waals surface area (Å²) >= 11 is 0. The second-order valence-corrected chi connectivity index (χ2v) is 2.56. The third kappa shape index (κ3) is 2760. The minimum atomic E-state index is 0. The van der Waals surface area contributed by atoms with Gasteiger partial charge < -0.3 is 22.2 Å². The van der Waals surface area contributed by atoms with E-state index in [-0.39, 0.29) is 27.1 Å². The Bertz CT molecular complexity index is 29.8. The van der Waals surface area contributed by atoms with Crippen LogP contribution in [0, 0.1) is 12.3 Å². The van der Waals surface area contributed by atoms with Crippen LogP contribution in [0.15, 0.2) is 0 Å². The Balaban J connectivity index is -0.0000000203. The van der Waals surface area contributed by atoms with Gasteiger partial charge in [-0.3, -0.25) is 0 Å². The van der Waals surface area contributed by atoms with Crippen LogP contribution in [0.1, 0.15) is 20.8 Å². The first-order chi connectivity index (χ1) is 5.00. The number of hydrogen-bond donors (Lipinski definition) is 3. The van der Waals surface area contributed by atoms with E-state index in [4.69, 9.17) is 15.3 Å². The molecule has 0 rings (SSSR count). The first-order valence-corrected chi connectivity index (χ1v) is 3.20. The second kappa shape index (κ2) is 29.9. The van der Waals surface area contributed by atoms with E-state index >= 15 is 0 Å². The molecular weight excluding hydrogens is 192 g/mol. The summed E-state index contributed by atoms with van der Waals surface area (Å²) in [6.45, 7) is 10.0. The molecule has 12 heavy (non-hydrogen) atoms. The van der Waals surface area contributed by atoms with Gasteiger partial charge in [-0.25, -0.2) is 0 Å². The van der Waals surface area contributed by atoms with Crippen molar-refractivity contribution in [3.05, 3.63) is 6.92 Å². The fraction of sp³-hybridized carbons (Fsp3) is 0.875. The van der Waals surface area contributed by atoms with Gasteiger partial charge in [0.25, 0.3) is 0 Å². The molecule has 0 heterocycles. The van der Waals surface area contributed by atoms with E-state index in [0.29, 0.717) is 0 Å². The van der Waals surface area contributed by atoms with Crippen LogP contribution < -0.4 is 0 Å². The third-order valence-corrected chi connectivity index (χ3v) is 0. The summed E-state index contributed by atoms with van der Waals surface area (Å²) in [5.74, 6) is 0. The van der Waals surface area contributed by atoms with E-state index in [0.717, 1.165) is 21.3 Å². The fourth-order valence-electron chi connectivity index (χ4n) is 0. The maximum atomic E-state index is 7.00. The molecule has 0 atom stereocenters. The van der Waals surface area contributed by atoms with Crippen molar-refractivity contribution in [1.29, 1.82) is 0 Å². The molecule has 0 aliphatic heterocycles. The molecular formula is C8H23O3Ti-. The molecule has 0 aromatic carbocycles. The molecule has 0 radical (unpaired) electrons. The largest absolute Gasteiger partial charge is 0.400 e. The van der Waals surface area contributed by atoms with Crippen molar-refractivity contribution in [2.75, 3.05) is 21.3 Å². The molecule has 4 heteroatoms. The normalized spacial score (nSPS) is 6.50. The summed E-state index contributed by atoms with van der Waals surface area (Å²) in [4.78, 5) is 0. The number of rotatable bonds is 0. The topological polar surface area (TPSA) is 60.7 Å². The van der Waals surface area contributed by atoms with Gasteiger partial charge in [-0.2, -0.15) is 5.41 Å². The quantitative estimate of drug-likeness (QED) is 0.411. The minimum absolute atomic E-state index is 0. The summed E-state index contributed by atoms with van der Waals surface area (Å²) in [6, 6.07) is 0. The molecule has 3 nitrogen and oxygen atoms in total. The molecule has 0 aliphatic rings. The smallest absolute Gasteiger partial charge is 0.0319 e. The second-order valence-electron chi connectivity index (χ2n) is 2.56. The van der Waals surface area contributed by atoms with Gasteiger partial charge in [0.05, 0.1) is 0 Å². The van der Waals surface area contributed by atoms with Gasteiger partial charge >= 0.3 is 0 Å². The molecule has 0 unspecified atom stereocenters. The van der Waals surface area contributed by atoms with Gasteiger partial charge in [0, 0.05) is 43.0 Å². The van der Waals surface area contributed by atoms with E-state index < -0.39 is 0 Å². The van der Waals surface area contributed by atoms with Crippen LogP contribution in [-0.2, 0) is 21.7 Å². The van der Waals surface area contributed by atoms with Crippen molar-refractivity contribution in [2.45, 2.75) is 20.8 Å². The predicted octanol–water partition coefficient (Wildman–Crippen LogP) is 0.690. The number of aliphatic hydroxyl groups excluding tert-OH is 3. The van der Waals surface area contributed by atoms with E-state index in [1.807, 2.05) is 0 Å². The van der Waals surface area contributed by atoms with Crippen molar-refractivity contribution in [1.82, 2.24) is 0 Å². The van der Waals surface area contributed by atoms with Crippen LogP contribution in [-0.4, -0.2) is 36.6 Å². The van der Waals surface area contributed by atoms with Gasteiger partial charge in [-0.05, 0) is 0 Å². The van der Waals surface area contributed by atoms with E-state index in [1.165, 1.54) is 0 Å². The van der Waals surface area contributed by atoms with Gasteiger partial charge in [0.15, 0.2) is 0 Å².